The second-order valence-electron chi connectivity index (χ2n) is 7.14. The second-order valence-corrected chi connectivity index (χ2v) is 7.14. The van der Waals surface area contributed by atoms with Crippen molar-refractivity contribution in [1.82, 2.24) is 15.1 Å². The van der Waals surface area contributed by atoms with Gasteiger partial charge in [0.05, 0.1) is 23.0 Å². The van der Waals surface area contributed by atoms with Crippen LogP contribution in [0.5, 0.6) is 0 Å². The molecule has 10 heteroatoms. The fourth-order valence-electron chi connectivity index (χ4n) is 3.83. The van der Waals surface area contributed by atoms with Crippen molar-refractivity contribution in [3.05, 3.63) is 52.8 Å². The number of aromatic nitrogens is 2. The number of nitrogens with one attached hydrogen (secondary N) is 2. The number of piperazine rings is 1. The normalized spacial score (nSPS) is 14.2. The summed E-state index contributed by atoms with van der Waals surface area (Å²) in [5.74, 6) is 1.42. The molecule has 0 aliphatic carbocycles. The second kappa shape index (κ2) is 12.9. The average Bonchev–Trinajstić information content (AvgIpc) is 2.91. The van der Waals surface area contributed by atoms with E-state index >= 15 is 0 Å². The molecule has 5 rings (SSSR count). The summed E-state index contributed by atoms with van der Waals surface area (Å²) in [6.07, 6.45) is 0. The first kappa shape index (κ1) is 26.2. The molecule has 3 heterocycles. The van der Waals surface area contributed by atoms with Gasteiger partial charge >= 0.3 is 0 Å². The van der Waals surface area contributed by atoms with E-state index in [0.29, 0.717) is 17.7 Å². The summed E-state index contributed by atoms with van der Waals surface area (Å²) in [6.45, 7) is 12.5. The molecule has 0 bridgehead atoms. The molecule has 0 radical (unpaired) electrons. The quantitative estimate of drug-likeness (QED) is 0.502. The molecule has 3 aromatic rings. The van der Waals surface area contributed by atoms with Gasteiger partial charge < -0.3 is 25.5 Å². The Kier molecular flexibility index (Phi) is 9.90. The third-order valence-corrected chi connectivity index (χ3v) is 5.32. The molecule has 1 fully saturated rings. The molecule has 10 nitrogen and oxygen atoms in total. The number of hydrogen-bond acceptors (Lipinski definition) is 9. The van der Waals surface area contributed by atoms with Crippen LogP contribution in [0.4, 0.5) is 22.9 Å². The van der Waals surface area contributed by atoms with Gasteiger partial charge in [0.2, 0.25) is 0 Å². The van der Waals surface area contributed by atoms with Gasteiger partial charge in [0.1, 0.15) is 19.4 Å². The van der Waals surface area contributed by atoms with Crippen LogP contribution in [0.15, 0.2) is 52.3 Å². The Morgan fingerprint density at radius 3 is 2.26 bits per heavy atom. The lowest BCUT2D eigenvalue weighted by molar-refractivity contribution is -0.0987. The zero-order valence-corrected chi connectivity index (χ0v) is 19.6. The van der Waals surface area contributed by atoms with Crippen LogP contribution in [0.3, 0.4) is 0 Å². The van der Waals surface area contributed by atoms with Crippen LogP contribution >= 0.6 is 0 Å². The molecule has 0 saturated carbocycles. The number of carbonyl (C=O) groups is 2. The van der Waals surface area contributed by atoms with Crippen molar-refractivity contribution < 1.29 is 9.59 Å². The predicted molar refractivity (Wildman–Crippen MR) is 138 cm³/mol. The summed E-state index contributed by atoms with van der Waals surface area (Å²) in [5.41, 5.74) is 8.46. The summed E-state index contributed by atoms with van der Waals surface area (Å²) in [5, 5.41) is 11.4. The van der Waals surface area contributed by atoms with Crippen LogP contribution in [0, 0.1) is 0 Å². The molecule has 0 atom stereocenters. The van der Waals surface area contributed by atoms with Gasteiger partial charge in [0.15, 0.2) is 5.82 Å². The first-order chi connectivity index (χ1) is 16.7. The van der Waals surface area contributed by atoms with Gasteiger partial charge in [0.25, 0.3) is 5.56 Å². The van der Waals surface area contributed by atoms with Crippen LogP contribution in [0.1, 0.15) is 13.8 Å². The number of aliphatic imine (C=N–C) groups is 1. The smallest absolute Gasteiger partial charge is 0.272 e. The number of H-pyrrole nitrogens is 1. The van der Waals surface area contributed by atoms with Crippen molar-refractivity contribution in [1.29, 1.82) is 0 Å². The van der Waals surface area contributed by atoms with E-state index in [1.807, 2.05) is 51.7 Å². The van der Waals surface area contributed by atoms with Crippen molar-refractivity contribution in [3.8, 4) is 0 Å². The minimum atomic E-state index is -0.195. The lowest BCUT2D eigenvalue weighted by Crippen LogP contribution is -2.48. The number of amidine groups is 1. The fraction of sp³-hybridized carbons (Fsp3) is 0.292. The lowest BCUT2D eigenvalue weighted by atomic mass is 10.1. The third kappa shape index (κ3) is 5.84. The lowest BCUT2D eigenvalue weighted by Gasteiger charge is -2.36. The van der Waals surface area contributed by atoms with E-state index in [-0.39, 0.29) is 5.56 Å². The van der Waals surface area contributed by atoms with E-state index < -0.39 is 0 Å². The Hall–Kier alpha value is -4.05. The molecule has 180 valence electrons. The van der Waals surface area contributed by atoms with Crippen molar-refractivity contribution in [2.75, 3.05) is 48.7 Å². The number of carbonyl (C=O) groups excluding carboxylic acids is 2. The Morgan fingerprint density at radius 2 is 1.62 bits per heavy atom. The van der Waals surface area contributed by atoms with Gasteiger partial charge in [-0.1, -0.05) is 19.9 Å². The highest BCUT2D eigenvalue weighted by atomic mass is 16.1. The largest absolute Gasteiger partial charge is 0.399 e. The van der Waals surface area contributed by atoms with E-state index in [4.69, 9.17) is 15.3 Å². The molecule has 2 aromatic carbocycles. The number of anilines is 3. The molecule has 0 unspecified atom stereocenters. The third-order valence-electron chi connectivity index (χ3n) is 5.32. The van der Waals surface area contributed by atoms with E-state index in [1.54, 1.807) is 6.07 Å². The number of nitrogens with two attached hydrogens (primary N) is 1. The van der Waals surface area contributed by atoms with Crippen molar-refractivity contribution >= 4 is 53.1 Å². The van der Waals surface area contributed by atoms with Crippen molar-refractivity contribution in [2.45, 2.75) is 13.8 Å². The maximum Gasteiger partial charge on any atom is 0.272 e. The van der Waals surface area contributed by atoms with Crippen LogP contribution in [-0.2, 0) is 9.59 Å². The predicted octanol–water partition coefficient (Wildman–Crippen LogP) is 2.44. The SMILES string of the molecule is C=O.C=O.CC.Nc1ccc(N2CCN(CC3=Nc4n[nH]c(=O)c5cccc(c45)N3)CC2)cc1. The molecule has 34 heavy (non-hydrogen) atoms. The van der Waals surface area contributed by atoms with Crippen LogP contribution in [0.2, 0.25) is 0 Å². The monoisotopic (exact) mass is 465 g/mol. The summed E-state index contributed by atoms with van der Waals surface area (Å²) in [4.78, 5) is 37.4. The first-order valence-corrected chi connectivity index (χ1v) is 10.9. The standard InChI is InChI=1S/C20H21N7O.C2H6.2CH2O/c21-13-4-6-14(7-5-13)27-10-8-26(9-11-27)12-17-22-16-3-1-2-15-18(16)19(23-17)24-25-20(15)28;3*1-2/h1-7H,8-12,21H2,(H,25,28)(H,22,23,24);1-2H3;2*1H2. The molecule has 0 amide bonds. The summed E-state index contributed by atoms with van der Waals surface area (Å²) in [6, 6.07) is 13.7. The number of benzene rings is 2. The highest BCUT2D eigenvalue weighted by molar-refractivity contribution is 6.12. The number of rotatable bonds is 3. The van der Waals surface area contributed by atoms with E-state index in [9.17, 15) is 4.79 Å². The molecule has 0 spiro atoms. The van der Waals surface area contributed by atoms with Crippen LogP contribution in [-0.4, -0.2) is 67.2 Å². The Morgan fingerprint density at radius 1 is 0.971 bits per heavy atom. The zero-order valence-electron chi connectivity index (χ0n) is 19.6. The van der Waals surface area contributed by atoms with Crippen molar-refractivity contribution in [3.63, 3.8) is 0 Å². The summed E-state index contributed by atoms with van der Waals surface area (Å²) in [7, 11) is 0. The molecule has 2 aliphatic heterocycles. The van der Waals surface area contributed by atoms with Crippen LogP contribution in [0.25, 0.3) is 10.8 Å². The zero-order chi connectivity index (χ0) is 25.1. The first-order valence-electron chi connectivity index (χ1n) is 10.9. The van der Waals surface area contributed by atoms with Crippen molar-refractivity contribution in [2.24, 2.45) is 4.99 Å². The highest BCUT2D eigenvalue weighted by Gasteiger charge is 2.22. The molecular weight excluding hydrogens is 434 g/mol. The van der Waals surface area contributed by atoms with Gasteiger partial charge in [-0.3, -0.25) is 9.69 Å². The Balaban J connectivity index is 0.000000633. The van der Waals surface area contributed by atoms with Gasteiger partial charge in [0, 0.05) is 37.6 Å². The molecule has 4 N–H and O–H groups in total. The molecule has 1 saturated heterocycles. The van der Waals surface area contributed by atoms with E-state index in [1.165, 1.54) is 5.69 Å². The van der Waals surface area contributed by atoms with Crippen LogP contribution < -0.4 is 21.5 Å². The van der Waals surface area contributed by atoms with E-state index in [2.05, 4.69) is 42.4 Å². The fourth-order valence-corrected chi connectivity index (χ4v) is 3.83. The average molecular weight is 466 g/mol. The number of hydrogen-bond donors (Lipinski definition) is 3. The van der Waals surface area contributed by atoms with Gasteiger partial charge in [-0.25, -0.2) is 10.1 Å². The summed E-state index contributed by atoms with van der Waals surface area (Å²) >= 11 is 0. The Labute approximate surface area is 198 Å². The molecular formula is C24H31N7O3. The molecule has 2 aliphatic rings. The molecule has 1 aromatic heterocycles. The van der Waals surface area contributed by atoms with Gasteiger partial charge in [-0.2, -0.15) is 5.10 Å². The minimum absolute atomic E-state index is 0.195. The minimum Gasteiger partial charge on any atom is -0.399 e. The maximum atomic E-state index is 12.0. The number of nitrogens with zero attached hydrogens (tertiary/aromatic N) is 4. The number of nitrogen functional groups attached to an aromatic ring is 1. The maximum absolute atomic E-state index is 12.0. The highest BCUT2D eigenvalue weighted by Crippen LogP contribution is 2.31. The van der Waals surface area contributed by atoms with E-state index in [0.717, 1.165) is 48.8 Å². The van der Waals surface area contributed by atoms with Gasteiger partial charge in [-0.05, 0) is 36.4 Å². The topological polar surface area (TPSA) is 137 Å². The number of aromatic amines is 1. The van der Waals surface area contributed by atoms with Gasteiger partial charge in [-0.15, -0.1) is 0 Å². The summed E-state index contributed by atoms with van der Waals surface area (Å²) < 4.78 is 0. The Bertz CT molecular complexity index is 1150.